The van der Waals surface area contributed by atoms with Gasteiger partial charge in [-0.15, -0.1) is 0 Å². The molecule has 2 heteroatoms. The van der Waals surface area contributed by atoms with E-state index in [0.717, 1.165) is 12.8 Å². The Morgan fingerprint density at radius 1 is 1.20 bits per heavy atom. The van der Waals surface area contributed by atoms with E-state index in [-0.39, 0.29) is 12.1 Å². The van der Waals surface area contributed by atoms with Crippen molar-refractivity contribution in [1.82, 2.24) is 5.32 Å². The van der Waals surface area contributed by atoms with Crippen molar-refractivity contribution in [3.8, 4) is 0 Å². The number of aliphatic hydroxyl groups excluding tert-OH is 1. The summed E-state index contributed by atoms with van der Waals surface area (Å²) in [6.07, 6.45) is 2.16. The Morgan fingerprint density at radius 2 is 1.87 bits per heavy atom. The lowest BCUT2D eigenvalue weighted by atomic mass is 9.95. The fourth-order valence-corrected chi connectivity index (χ4v) is 1.58. The maximum atomic E-state index is 8.75. The van der Waals surface area contributed by atoms with Crippen LogP contribution in [0.5, 0.6) is 0 Å². The van der Waals surface area contributed by atoms with Gasteiger partial charge in [-0.3, -0.25) is 0 Å². The van der Waals surface area contributed by atoms with Gasteiger partial charge in [0.2, 0.25) is 0 Å². The molecule has 84 valence electrons. The van der Waals surface area contributed by atoms with E-state index in [0.29, 0.717) is 6.54 Å². The smallest absolute Gasteiger partial charge is 0.0556 e. The van der Waals surface area contributed by atoms with Crippen molar-refractivity contribution < 1.29 is 5.11 Å². The number of hydrogen-bond acceptors (Lipinski definition) is 2. The summed E-state index contributed by atoms with van der Waals surface area (Å²) in [7, 11) is 0. The summed E-state index contributed by atoms with van der Waals surface area (Å²) in [5.41, 5.74) is 1.47. The molecule has 0 fully saturated rings. The fourth-order valence-electron chi connectivity index (χ4n) is 1.58. The molecule has 0 saturated carbocycles. The Labute approximate surface area is 92.3 Å². The molecule has 0 unspecified atom stereocenters. The third-order valence-electron chi connectivity index (χ3n) is 2.60. The normalized spacial score (nSPS) is 11.7. The minimum Gasteiger partial charge on any atom is -0.395 e. The molecule has 0 aromatic heterocycles. The zero-order chi connectivity index (χ0) is 11.1. The van der Waals surface area contributed by atoms with Gasteiger partial charge in [-0.2, -0.15) is 0 Å². The Kier molecular flexibility index (Phi) is 4.79. The topological polar surface area (TPSA) is 32.3 Å². The molecule has 0 aliphatic heterocycles. The first-order valence-corrected chi connectivity index (χ1v) is 5.54. The summed E-state index contributed by atoms with van der Waals surface area (Å²) >= 11 is 0. The number of nitrogens with one attached hydrogen (secondary N) is 1. The minimum absolute atomic E-state index is 0.0958. The maximum Gasteiger partial charge on any atom is 0.0556 e. The van der Waals surface area contributed by atoms with E-state index in [1.165, 1.54) is 5.56 Å². The third kappa shape index (κ3) is 4.96. The van der Waals surface area contributed by atoms with Crippen molar-refractivity contribution >= 4 is 0 Å². The van der Waals surface area contributed by atoms with Crippen molar-refractivity contribution in [1.29, 1.82) is 0 Å². The van der Waals surface area contributed by atoms with Crippen LogP contribution in [-0.4, -0.2) is 23.8 Å². The lowest BCUT2D eigenvalue weighted by Gasteiger charge is -2.26. The quantitative estimate of drug-likeness (QED) is 0.747. The van der Waals surface area contributed by atoms with Gasteiger partial charge in [-0.1, -0.05) is 30.3 Å². The molecule has 1 aromatic rings. The molecule has 0 aliphatic carbocycles. The van der Waals surface area contributed by atoms with Crippen LogP contribution in [0.25, 0.3) is 0 Å². The van der Waals surface area contributed by atoms with Gasteiger partial charge in [0.15, 0.2) is 0 Å². The largest absolute Gasteiger partial charge is 0.395 e. The number of aryl methyl sites for hydroxylation is 1. The number of β-amino-alcohol motifs (C(OH)–C–C–N with tert-alkyl or cyclic N) is 1. The van der Waals surface area contributed by atoms with Crippen molar-refractivity contribution in [3.63, 3.8) is 0 Å². The molecule has 0 saturated heterocycles. The van der Waals surface area contributed by atoms with Gasteiger partial charge in [0.05, 0.1) is 6.61 Å². The maximum absolute atomic E-state index is 8.75. The van der Waals surface area contributed by atoms with Crippen molar-refractivity contribution in [2.75, 3.05) is 13.2 Å². The number of benzene rings is 1. The van der Waals surface area contributed by atoms with Gasteiger partial charge in [-0.25, -0.2) is 0 Å². The van der Waals surface area contributed by atoms with Gasteiger partial charge in [0.1, 0.15) is 0 Å². The van der Waals surface area contributed by atoms with Crippen LogP contribution in [0, 0.1) is 0 Å². The average Bonchev–Trinajstić information content (AvgIpc) is 2.25. The molecule has 0 spiro atoms. The monoisotopic (exact) mass is 207 g/mol. The molecule has 0 atom stereocenters. The molecule has 0 radical (unpaired) electrons. The van der Waals surface area contributed by atoms with E-state index >= 15 is 0 Å². The molecule has 0 bridgehead atoms. The summed E-state index contributed by atoms with van der Waals surface area (Å²) in [5, 5.41) is 12.1. The van der Waals surface area contributed by atoms with Gasteiger partial charge in [-0.05, 0) is 32.3 Å². The minimum atomic E-state index is 0.0958. The van der Waals surface area contributed by atoms with Crippen LogP contribution >= 0.6 is 0 Å². The molecule has 1 aromatic carbocycles. The number of aliphatic hydroxyl groups is 1. The predicted molar refractivity (Wildman–Crippen MR) is 63.9 cm³/mol. The Balaban J connectivity index is 2.35. The molecule has 2 nitrogen and oxygen atoms in total. The van der Waals surface area contributed by atoms with Crippen molar-refractivity contribution in [3.05, 3.63) is 35.9 Å². The summed E-state index contributed by atoms with van der Waals surface area (Å²) in [6.45, 7) is 5.22. The van der Waals surface area contributed by atoms with E-state index < -0.39 is 0 Å². The standard InChI is InChI=1S/C13H21NO/c1-13(2,14-10-11-15)9-8-12-6-4-3-5-7-12/h3-7,14-15H,8-11H2,1-2H3. The van der Waals surface area contributed by atoms with Gasteiger partial charge < -0.3 is 10.4 Å². The molecule has 15 heavy (non-hydrogen) atoms. The van der Waals surface area contributed by atoms with Crippen LogP contribution in [0.4, 0.5) is 0 Å². The highest BCUT2D eigenvalue weighted by atomic mass is 16.3. The second kappa shape index (κ2) is 5.89. The van der Waals surface area contributed by atoms with Crippen LogP contribution < -0.4 is 5.32 Å². The van der Waals surface area contributed by atoms with Crippen LogP contribution in [0.15, 0.2) is 30.3 Å². The molecule has 0 aliphatic rings. The highest BCUT2D eigenvalue weighted by Crippen LogP contribution is 2.12. The van der Waals surface area contributed by atoms with E-state index in [2.05, 4.69) is 43.4 Å². The second-order valence-electron chi connectivity index (χ2n) is 4.52. The van der Waals surface area contributed by atoms with Crippen LogP contribution in [0.3, 0.4) is 0 Å². The van der Waals surface area contributed by atoms with E-state index in [4.69, 9.17) is 5.11 Å². The van der Waals surface area contributed by atoms with Crippen molar-refractivity contribution in [2.45, 2.75) is 32.2 Å². The Bertz CT molecular complexity index is 269. The van der Waals surface area contributed by atoms with Gasteiger partial charge in [0.25, 0.3) is 0 Å². The molecule has 0 amide bonds. The van der Waals surface area contributed by atoms with E-state index in [9.17, 15) is 0 Å². The molecule has 0 heterocycles. The zero-order valence-electron chi connectivity index (χ0n) is 9.66. The average molecular weight is 207 g/mol. The van der Waals surface area contributed by atoms with E-state index in [1.54, 1.807) is 0 Å². The lowest BCUT2D eigenvalue weighted by Crippen LogP contribution is -2.41. The second-order valence-corrected chi connectivity index (χ2v) is 4.52. The first kappa shape index (κ1) is 12.2. The summed E-state index contributed by atoms with van der Waals surface area (Å²) in [6, 6.07) is 10.5. The summed E-state index contributed by atoms with van der Waals surface area (Å²) < 4.78 is 0. The highest BCUT2D eigenvalue weighted by Gasteiger charge is 2.15. The first-order valence-electron chi connectivity index (χ1n) is 5.54. The van der Waals surface area contributed by atoms with Gasteiger partial charge in [0, 0.05) is 12.1 Å². The molecular formula is C13H21NO. The highest BCUT2D eigenvalue weighted by molar-refractivity contribution is 5.15. The van der Waals surface area contributed by atoms with E-state index in [1.807, 2.05) is 6.07 Å². The Morgan fingerprint density at radius 3 is 2.47 bits per heavy atom. The number of hydrogen-bond donors (Lipinski definition) is 2. The van der Waals surface area contributed by atoms with Crippen LogP contribution in [0.1, 0.15) is 25.8 Å². The lowest BCUT2D eigenvalue weighted by molar-refractivity contribution is 0.261. The first-order chi connectivity index (χ1) is 7.14. The van der Waals surface area contributed by atoms with Crippen LogP contribution in [-0.2, 0) is 6.42 Å². The van der Waals surface area contributed by atoms with Crippen molar-refractivity contribution in [2.24, 2.45) is 0 Å². The summed E-state index contributed by atoms with van der Waals surface area (Å²) in [5.74, 6) is 0. The molecule has 2 N–H and O–H groups in total. The fraction of sp³-hybridized carbons (Fsp3) is 0.538. The molecular weight excluding hydrogens is 186 g/mol. The third-order valence-corrected chi connectivity index (χ3v) is 2.60. The summed E-state index contributed by atoms with van der Waals surface area (Å²) in [4.78, 5) is 0. The SMILES string of the molecule is CC(C)(CCc1ccccc1)NCCO. The molecule has 1 rings (SSSR count). The van der Waals surface area contributed by atoms with Crippen LogP contribution in [0.2, 0.25) is 0 Å². The Hall–Kier alpha value is -0.860. The number of rotatable bonds is 6. The zero-order valence-corrected chi connectivity index (χ0v) is 9.66. The van der Waals surface area contributed by atoms with Gasteiger partial charge >= 0.3 is 0 Å². The predicted octanol–water partition coefficient (Wildman–Crippen LogP) is 1.98.